The van der Waals surface area contributed by atoms with E-state index in [1.807, 2.05) is 30.3 Å². The molecule has 84 valence electrons. The van der Waals surface area contributed by atoms with Crippen LogP contribution in [0.15, 0.2) is 30.3 Å². The van der Waals surface area contributed by atoms with Gasteiger partial charge in [-0.15, -0.1) is 0 Å². The van der Waals surface area contributed by atoms with Gasteiger partial charge in [-0.3, -0.25) is 0 Å². The molecule has 0 bridgehead atoms. The third-order valence-electron chi connectivity index (χ3n) is 2.10. The lowest BCUT2D eigenvalue weighted by molar-refractivity contribution is 0.183. The van der Waals surface area contributed by atoms with Gasteiger partial charge in [-0.1, -0.05) is 25.1 Å². The normalized spacial score (nSPS) is 12.4. The Morgan fingerprint density at radius 2 is 2.07 bits per heavy atom. The van der Waals surface area contributed by atoms with Crippen molar-refractivity contribution in [1.82, 2.24) is 5.32 Å². The summed E-state index contributed by atoms with van der Waals surface area (Å²) in [6, 6.07) is 9.66. The minimum Gasteiger partial charge on any atom is -0.492 e. The minimum absolute atomic E-state index is 0.0187. The maximum absolute atomic E-state index is 9.09. The molecule has 15 heavy (non-hydrogen) atoms. The van der Waals surface area contributed by atoms with E-state index in [4.69, 9.17) is 9.84 Å². The number of aliphatic hydroxyl groups excluding tert-OH is 1. The Bertz CT molecular complexity index is 251. The molecule has 3 nitrogen and oxygen atoms in total. The predicted molar refractivity (Wildman–Crippen MR) is 61.1 cm³/mol. The van der Waals surface area contributed by atoms with Crippen LogP contribution in [-0.2, 0) is 0 Å². The van der Waals surface area contributed by atoms with Crippen molar-refractivity contribution in [3.63, 3.8) is 0 Å². The third-order valence-corrected chi connectivity index (χ3v) is 2.10. The highest BCUT2D eigenvalue weighted by Crippen LogP contribution is 2.08. The highest BCUT2D eigenvalue weighted by atomic mass is 16.5. The molecule has 0 aliphatic heterocycles. The van der Waals surface area contributed by atoms with Crippen LogP contribution in [0.4, 0.5) is 0 Å². The Labute approximate surface area is 91.1 Å². The zero-order valence-corrected chi connectivity index (χ0v) is 9.15. The topological polar surface area (TPSA) is 41.5 Å². The van der Waals surface area contributed by atoms with Crippen LogP contribution in [-0.4, -0.2) is 30.9 Å². The van der Waals surface area contributed by atoms with Crippen molar-refractivity contribution >= 4 is 0 Å². The molecule has 0 amide bonds. The average molecular weight is 209 g/mol. The smallest absolute Gasteiger partial charge is 0.119 e. The first-order valence-electron chi connectivity index (χ1n) is 5.39. The van der Waals surface area contributed by atoms with Crippen molar-refractivity contribution in [3.8, 4) is 5.75 Å². The zero-order valence-electron chi connectivity index (χ0n) is 9.15. The van der Waals surface area contributed by atoms with E-state index in [0.717, 1.165) is 18.7 Å². The van der Waals surface area contributed by atoms with Crippen LogP contribution in [0.1, 0.15) is 13.3 Å². The van der Waals surface area contributed by atoms with E-state index < -0.39 is 0 Å². The monoisotopic (exact) mass is 209 g/mol. The second kappa shape index (κ2) is 7.26. The van der Waals surface area contributed by atoms with Gasteiger partial charge in [-0.05, 0) is 25.1 Å². The van der Waals surface area contributed by atoms with E-state index in [1.54, 1.807) is 0 Å². The molecule has 1 unspecified atom stereocenters. The molecule has 0 aliphatic carbocycles. The van der Waals surface area contributed by atoms with Crippen LogP contribution in [0.2, 0.25) is 0 Å². The Morgan fingerprint density at radius 1 is 1.33 bits per heavy atom. The molecule has 1 aromatic carbocycles. The molecule has 0 spiro atoms. The van der Waals surface area contributed by atoms with Crippen LogP contribution in [0, 0.1) is 0 Å². The molecule has 0 radical (unpaired) electrons. The number of rotatable bonds is 7. The molecular formula is C12H19NO2. The summed E-state index contributed by atoms with van der Waals surface area (Å²) in [6.07, 6.45) is 1.06. The fourth-order valence-corrected chi connectivity index (χ4v) is 1.24. The number of aliphatic hydroxyl groups is 1. The van der Waals surface area contributed by atoms with Gasteiger partial charge in [-0.25, -0.2) is 0 Å². The van der Waals surface area contributed by atoms with Crippen LogP contribution in [0.3, 0.4) is 0 Å². The SMILES string of the molecule is CCCNC(CO)COc1ccccc1. The van der Waals surface area contributed by atoms with Crippen LogP contribution < -0.4 is 10.1 Å². The Balaban J connectivity index is 2.28. The predicted octanol–water partition coefficient (Wildman–Crippen LogP) is 1.43. The van der Waals surface area contributed by atoms with Gasteiger partial charge in [0.15, 0.2) is 0 Å². The lowest BCUT2D eigenvalue weighted by atomic mass is 10.3. The number of hydrogen-bond donors (Lipinski definition) is 2. The maximum atomic E-state index is 9.09. The van der Waals surface area contributed by atoms with Crippen molar-refractivity contribution in [2.45, 2.75) is 19.4 Å². The fraction of sp³-hybridized carbons (Fsp3) is 0.500. The summed E-state index contributed by atoms with van der Waals surface area (Å²) in [5.74, 6) is 0.842. The maximum Gasteiger partial charge on any atom is 0.119 e. The van der Waals surface area contributed by atoms with Gasteiger partial charge in [0.25, 0.3) is 0 Å². The number of ether oxygens (including phenoxy) is 1. The molecule has 0 fully saturated rings. The second-order valence-electron chi connectivity index (χ2n) is 3.46. The van der Waals surface area contributed by atoms with Gasteiger partial charge in [0, 0.05) is 0 Å². The number of para-hydroxylation sites is 1. The van der Waals surface area contributed by atoms with Gasteiger partial charge < -0.3 is 15.2 Å². The van der Waals surface area contributed by atoms with E-state index in [1.165, 1.54) is 0 Å². The number of hydrogen-bond acceptors (Lipinski definition) is 3. The van der Waals surface area contributed by atoms with Crippen molar-refractivity contribution in [2.75, 3.05) is 19.8 Å². The van der Waals surface area contributed by atoms with E-state index in [-0.39, 0.29) is 12.6 Å². The molecule has 1 aromatic rings. The van der Waals surface area contributed by atoms with Crippen molar-refractivity contribution < 1.29 is 9.84 Å². The number of benzene rings is 1. The first-order valence-corrected chi connectivity index (χ1v) is 5.39. The fourth-order valence-electron chi connectivity index (χ4n) is 1.24. The summed E-state index contributed by atoms with van der Waals surface area (Å²) >= 11 is 0. The van der Waals surface area contributed by atoms with Crippen LogP contribution in [0.25, 0.3) is 0 Å². The Hall–Kier alpha value is -1.06. The van der Waals surface area contributed by atoms with Gasteiger partial charge in [0.2, 0.25) is 0 Å². The minimum atomic E-state index is 0.0187. The molecule has 1 rings (SSSR count). The largest absolute Gasteiger partial charge is 0.492 e. The molecule has 3 heteroatoms. The molecular weight excluding hydrogens is 190 g/mol. The quantitative estimate of drug-likeness (QED) is 0.713. The molecule has 1 atom stereocenters. The summed E-state index contributed by atoms with van der Waals surface area (Å²) in [7, 11) is 0. The number of nitrogens with one attached hydrogen (secondary N) is 1. The summed E-state index contributed by atoms with van der Waals surface area (Å²) in [4.78, 5) is 0. The highest BCUT2D eigenvalue weighted by Gasteiger charge is 2.06. The van der Waals surface area contributed by atoms with Gasteiger partial charge >= 0.3 is 0 Å². The Kier molecular flexibility index (Phi) is 5.81. The summed E-state index contributed by atoms with van der Waals surface area (Å²) in [5, 5.41) is 12.3. The molecule has 2 N–H and O–H groups in total. The van der Waals surface area contributed by atoms with Gasteiger partial charge in [-0.2, -0.15) is 0 Å². The van der Waals surface area contributed by atoms with E-state index in [9.17, 15) is 0 Å². The van der Waals surface area contributed by atoms with Crippen molar-refractivity contribution in [3.05, 3.63) is 30.3 Å². The second-order valence-corrected chi connectivity index (χ2v) is 3.46. The molecule has 0 aliphatic rings. The van der Waals surface area contributed by atoms with E-state index in [2.05, 4.69) is 12.2 Å². The van der Waals surface area contributed by atoms with Gasteiger partial charge in [0.1, 0.15) is 12.4 Å². The van der Waals surface area contributed by atoms with Gasteiger partial charge in [0.05, 0.1) is 12.6 Å². The average Bonchev–Trinajstić information content (AvgIpc) is 2.31. The first-order chi connectivity index (χ1) is 7.36. The van der Waals surface area contributed by atoms with Crippen LogP contribution in [0.5, 0.6) is 5.75 Å². The lowest BCUT2D eigenvalue weighted by Crippen LogP contribution is -2.38. The van der Waals surface area contributed by atoms with Crippen molar-refractivity contribution in [2.24, 2.45) is 0 Å². The highest BCUT2D eigenvalue weighted by molar-refractivity contribution is 5.20. The van der Waals surface area contributed by atoms with Crippen LogP contribution >= 0.6 is 0 Å². The van der Waals surface area contributed by atoms with E-state index in [0.29, 0.717) is 6.61 Å². The third kappa shape index (κ3) is 4.81. The first kappa shape index (κ1) is 12.0. The summed E-state index contributed by atoms with van der Waals surface area (Å²) in [6.45, 7) is 3.61. The molecule has 0 saturated carbocycles. The zero-order chi connectivity index (χ0) is 10.9. The lowest BCUT2D eigenvalue weighted by Gasteiger charge is -2.16. The standard InChI is InChI=1S/C12H19NO2/c1-2-8-13-11(9-14)10-15-12-6-4-3-5-7-12/h3-7,11,13-14H,2,8-10H2,1H3. The molecule has 0 saturated heterocycles. The Morgan fingerprint density at radius 3 is 2.67 bits per heavy atom. The van der Waals surface area contributed by atoms with Crippen molar-refractivity contribution in [1.29, 1.82) is 0 Å². The molecule has 0 aromatic heterocycles. The summed E-state index contributed by atoms with van der Waals surface area (Å²) < 4.78 is 5.53. The molecule has 0 heterocycles. The summed E-state index contributed by atoms with van der Waals surface area (Å²) in [5.41, 5.74) is 0. The van der Waals surface area contributed by atoms with E-state index >= 15 is 0 Å².